The van der Waals surface area contributed by atoms with Crippen molar-refractivity contribution in [3.63, 3.8) is 0 Å². The quantitative estimate of drug-likeness (QED) is 0.780. The Bertz CT molecular complexity index is 690. The van der Waals surface area contributed by atoms with Gasteiger partial charge in [-0.1, -0.05) is 6.92 Å². The maximum atomic E-state index is 11.0. The highest BCUT2D eigenvalue weighted by Crippen LogP contribution is 2.22. The Kier molecular flexibility index (Phi) is 3.43. The molecule has 2 rings (SSSR count). The van der Waals surface area contributed by atoms with Gasteiger partial charge in [0, 0.05) is 5.69 Å². The highest BCUT2D eigenvalue weighted by molar-refractivity contribution is 5.91. The van der Waals surface area contributed by atoms with Crippen LogP contribution in [0.2, 0.25) is 0 Å². The normalized spacial score (nSPS) is 10.4. The first-order chi connectivity index (χ1) is 9.43. The van der Waals surface area contributed by atoms with Gasteiger partial charge in [0.05, 0.1) is 5.69 Å². The van der Waals surface area contributed by atoms with E-state index in [0.717, 1.165) is 0 Å². The molecule has 20 heavy (non-hydrogen) atoms. The first-order valence-corrected chi connectivity index (χ1v) is 5.83. The monoisotopic (exact) mass is 276 g/mol. The number of nitrogens with zero attached hydrogens (tertiary/aromatic N) is 2. The van der Waals surface area contributed by atoms with E-state index in [1.54, 1.807) is 0 Å². The van der Waals surface area contributed by atoms with E-state index in [2.05, 4.69) is 5.10 Å². The molecule has 0 aliphatic heterocycles. The van der Waals surface area contributed by atoms with Crippen molar-refractivity contribution < 1.29 is 24.9 Å². The molecule has 7 nitrogen and oxygen atoms in total. The van der Waals surface area contributed by atoms with E-state index in [1.165, 1.54) is 28.9 Å². The molecule has 0 unspecified atom stereocenters. The van der Waals surface area contributed by atoms with Gasteiger partial charge in [-0.3, -0.25) is 0 Å². The number of hydrogen-bond acceptors (Lipinski definition) is 4. The summed E-state index contributed by atoms with van der Waals surface area (Å²) in [6, 6.07) is 5.38. The maximum absolute atomic E-state index is 11.0. The van der Waals surface area contributed by atoms with Crippen LogP contribution in [0.3, 0.4) is 0 Å². The van der Waals surface area contributed by atoms with Crippen LogP contribution in [0.25, 0.3) is 5.69 Å². The maximum Gasteiger partial charge on any atom is 0.356 e. The summed E-state index contributed by atoms with van der Waals surface area (Å²) in [4.78, 5) is 21.9. The zero-order chi connectivity index (χ0) is 14.9. The minimum absolute atomic E-state index is 0.119. The van der Waals surface area contributed by atoms with Crippen LogP contribution in [0, 0.1) is 0 Å². The average Bonchev–Trinajstić information content (AvgIpc) is 2.83. The third-order valence-electron chi connectivity index (χ3n) is 2.82. The lowest BCUT2D eigenvalue weighted by Crippen LogP contribution is -2.05. The molecule has 1 aromatic heterocycles. The van der Waals surface area contributed by atoms with Gasteiger partial charge < -0.3 is 15.3 Å². The van der Waals surface area contributed by atoms with Gasteiger partial charge in [-0.2, -0.15) is 5.10 Å². The highest BCUT2D eigenvalue weighted by Gasteiger charge is 2.16. The summed E-state index contributed by atoms with van der Waals surface area (Å²) in [5, 5.41) is 31.3. The molecule has 1 heterocycles. The lowest BCUT2D eigenvalue weighted by Gasteiger charge is -2.07. The summed E-state index contributed by atoms with van der Waals surface area (Å²) < 4.78 is 1.36. The molecule has 0 radical (unpaired) electrons. The summed E-state index contributed by atoms with van der Waals surface area (Å²) in [5.41, 5.74) is 0.623. The van der Waals surface area contributed by atoms with Crippen LogP contribution in [0.15, 0.2) is 24.3 Å². The topological polar surface area (TPSA) is 113 Å². The van der Waals surface area contributed by atoms with Gasteiger partial charge in [0.15, 0.2) is 5.69 Å². The molecule has 0 fully saturated rings. The molecule has 0 bridgehead atoms. The van der Waals surface area contributed by atoms with Crippen molar-refractivity contribution in [3.8, 4) is 11.4 Å². The Morgan fingerprint density at radius 1 is 1.20 bits per heavy atom. The van der Waals surface area contributed by atoms with Crippen LogP contribution in [0.1, 0.15) is 33.5 Å². The van der Waals surface area contributed by atoms with E-state index < -0.39 is 11.9 Å². The fourth-order valence-electron chi connectivity index (χ4n) is 1.83. The largest absolute Gasteiger partial charge is 0.507 e. The van der Waals surface area contributed by atoms with Crippen molar-refractivity contribution >= 4 is 11.9 Å². The molecular weight excluding hydrogens is 264 g/mol. The molecule has 7 heteroatoms. The van der Waals surface area contributed by atoms with Crippen molar-refractivity contribution in [3.05, 3.63) is 41.2 Å². The lowest BCUT2D eigenvalue weighted by molar-refractivity contribution is 0.0680. The van der Waals surface area contributed by atoms with Crippen LogP contribution < -0.4 is 0 Å². The average molecular weight is 276 g/mol. The molecule has 104 valence electrons. The number of hydrogen-bond donors (Lipinski definition) is 3. The lowest BCUT2D eigenvalue weighted by atomic mass is 10.1. The molecule has 0 aliphatic carbocycles. The van der Waals surface area contributed by atoms with Crippen LogP contribution in [-0.2, 0) is 6.42 Å². The van der Waals surface area contributed by atoms with Crippen LogP contribution in [0.5, 0.6) is 5.75 Å². The first-order valence-electron chi connectivity index (χ1n) is 5.83. The van der Waals surface area contributed by atoms with Crippen molar-refractivity contribution in [1.29, 1.82) is 0 Å². The molecule has 0 aliphatic rings. The Labute approximate surface area is 113 Å². The molecule has 0 spiro atoms. The van der Waals surface area contributed by atoms with Crippen molar-refractivity contribution in [2.75, 3.05) is 0 Å². The summed E-state index contributed by atoms with van der Waals surface area (Å²) in [6.07, 6.45) is 0.531. The minimum atomic E-state index is -1.27. The second kappa shape index (κ2) is 5.04. The minimum Gasteiger partial charge on any atom is -0.507 e. The summed E-state index contributed by atoms with van der Waals surface area (Å²) in [6.45, 7) is 1.83. The van der Waals surface area contributed by atoms with E-state index in [1.807, 2.05) is 6.92 Å². The summed E-state index contributed by atoms with van der Waals surface area (Å²) >= 11 is 0. The van der Waals surface area contributed by atoms with E-state index >= 15 is 0 Å². The molecule has 0 atom stereocenters. The van der Waals surface area contributed by atoms with Crippen LogP contribution in [-0.4, -0.2) is 37.0 Å². The third-order valence-corrected chi connectivity index (χ3v) is 2.82. The zero-order valence-electron chi connectivity index (χ0n) is 10.6. The second-order valence-corrected chi connectivity index (χ2v) is 4.10. The Balaban J connectivity index is 2.59. The highest BCUT2D eigenvalue weighted by atomic mass is 16.4. The first kappa shape index (κ1) is 13.6. The van der Waals surface area contributed by atoms with E-state index in [4.69, 9.17) is 10.2 Å². The third kappa shape index (κ3) is 2.33. The Morgan fingerprint density at radius 2 is 1.90 bits per heavy atom. The van der Waals surface area contributed by atoms with E-state index in [0.29, 0.717) is 17.8 Å². The number of rotatable bonds is 4. The van der Waals surface area contributed by atoms with Crippen molar-refractivity contribution in [2.45, 2.75) is 13.3 Å². The van der Waals surface area contributed by atoms with Gasteiger partial charge in [0.2, 0.25) is 0 Å². The Hall–Kier alpha value is -2.83. The number of carbonyl (C=O) groups is 2. The predicted molar refractivity (Wildman–Crippen MR) is 68.5 cm³/mol. The standard InChI is InChI=1S/C13H12N2O5/c1-2-7-6-10(13(19)20)14-15(7)8-3-4-11(16)9(5-8)12(17)18/h3-6,16H,2H2,1H3,(H,17,18)(H,19,20). The second-order valence-electron chi connectivity index (χ2n) is 4.10. The molecule has 1 aromatic carbocycles. The van der Waals surface area contributed by atoms with Crippen molar-refractivity contribution in [2.24, 2.45) is 0 Å². The number of carboxylic acids is 2. The fourth-order valence-corrected chi connectivity index (χ4v) is 1.83. The number of aryl methyl sites for hydroxylation is 1. The van der Waals surface area contributed by atoms with Gasteiger partial charge in [0.25, 0.3) is 0 Å². The zero-order valence-corrected chi connectivity index (χ0v) is 10.6. The molecule has 0 saturated carbocycles. The van der Waals surface area contributed by atoms with Gasteiger partial charge in [-0.25, -0.2) is 14.3 Å². The van der Waals surface area contributed by atoms with E-state index in [-0.39, 0.29) is 17.0 Å². The van der Waals surface area contributed by atoms with Gasteiger partial charge in [-0.15, -0.1) is 0 Å². The van der Waals surface area contributed by atoms with Gasteiger partial charge in [-0.05, 0) is 30.7 Å². The van der Waals surface area contributed by atoms with Gasteiger partial charge in [0.1, 0.15) is 11.3 Å². The number of phenols is 1. The molecule has 2 aromatic rings. The number of aromatic carboxylic acids is 2. The van der Waals surface area contributed by atoms with Crippen LogP contribution >= 0.6 is 0 Å². The molecular formula is C13H12N2O5. The summed E-state index contributed by atoms with van der Waals surface area (Å²) in [5.74, 6) is -2.78. The molecule has 3 N–H and O–H groups in total. The predicted octanol–water partition coefficient (Wildman–Crippen LogP) is 1.54. The number of carboxylic acid groups (broad SMARTS) is 2. The Morgan fingerprint density at radius 3 is 2.45 bits per heavy atom. The number of aromatic hydroxyl groups is 1. The number of benzene rings is 1. The van der Waals surface area contributed by atoms with Crippen molar-refractivity contribution in [1.82, 2.24) is 9.78 Å². The number of aromatic nitrogens is 2. The summed E-state index contributed by atoms with van der Waals surface area (Å²) in [7, 11) is 0. The van der Waals surface area contributed by atoms with E-state index in [9.17, 15) is 14.7 Å². The molecule has 0 amide bonds. The van der Waals surface area contributed by atoms with Crippen LogP contribution in [0.4, 0.5) is 0 Å². The molecule has 0 saturated heterocycles. The SMILES string of the molecule is CCc1cc(C(=O)O)nn1-c1ccc(O)c(C(=O)O)c1. The smallest absolute Gasteiger partial charge is 0.356 e. The van der Waals surface area contributed by atoms with Gasteiger partial charge >= 0.3 is 11.9 Å². The fraction of sp³-hybridized carbons (Fsp3) is 0.154.